The Morgan fingerprint density at radius 2 is 1.30 bits per heavy atom. The fourth-order valence-corrected chi connectivity index (χ4v) is 0.783. The maximum atomic E-state index is 3.84. The van der Waals surface area contributed by atoms with Crippen molar-refractivity contribution in [3.05, 3.63) is 47.6 Å². The predicted octanol–water partition coefficient (Wildman–Crippen LogP) is 3.01. The molecule has 0 bridgehead atoms. The molecule has 0 amide bonds. The van der Waals surface area contributed by atoms with Crippen molar-refractivity contribution < 1.29 is 0 Å². The van der Waals surface area contributed by atoms with Gasteiger partial charge in [0.2, 0.25) is 0 Å². The highest BCUT2D eigenvalue weighted by Crippen LogP contribution is 2.12. The maximum absolute atomic E-state index is 3.84. The van der Waals surface area contributed by atoms with Crippen molar-refractivity contribution >= 4 is 0 Å². The van der Waals surface area contributed by atoms with Crippen LogP contribution in [0.15, 0.2) is 47.6 Å². The van der Waals surface area contributed by atoms with Crippen LogP contribution in [-0.4, -0.2) is 0 Å². The van der Waals surface area contributed by atoms with E-state index in [-0.39, 0.29) is 0 Å². The predicted molar refractivity (Wildman–Crippen MR) is 45.8 cm³/mol. The van der Waals surface area contributed by atoms with Crippen LogP contribution in [0.25, 0.3) is 0 Å². The Kier molecular flexibility index (Phi) is 1.91. The second-order valence-corrected chi connectivity index (χ2v) is 2.61. The van der Waals surface area contributed by atoms with Gasteiger partial charge in [0.25, 0.3) is 0 Å². The summed E-state index contributed by atoms with van der Waals surface area (Å²) in [5.41, 5.74) is 3.70. The average Bonchev–Trinajstić information content (AvgIpc) is 2.04. The van der Waals surface area contributed by atoms with E-state index in [0.29, 0.717) is 0 Å². The van der Waals surface area contributed by atoms with Crippen LogP contribution in [0.5, 0.6) is 0 Å². The molecule has 0 heteroatoms. The Hall–Kier alpha value is -1.04. The molecule has 1 aliphatic carbocycles. The fraction of sp³-hybridized carbons (Fsp3) is 0.200. The number of rotatable bonds is 0. The molecule has 0 aliphatic heterocycles. The molecule has 0 unspecified atom stereocenters. The smallest absolute Gasteiger partial charge is 0.0329 e. The van der Waals surface area contributed by atoms with E-state index in [2.05, 4.69) is 32.6 Å². The molecule has 0 radical (unpaired) electrons. The second-order valence-electron chi connectivity index (χ2n) is 2.61. The van der Waals surface area contributed by atoms with Crippen molar-refractivity contribution in [3.63, 3.8) is 0 Å². The zero-order valence-electron chi connectivity index (χ0n) is 6.52. The topological polar surface area (TPSA) is 0 Å². The van der Waals surface area contributed by atoms with Gasteiger partial charge in [-0.2, -0.15) is 0 Å². The van der Waals surface area contributed by atoms with Gasteiger partial charge in [-0.05, 0) is 30.6 Å². The first-order chi connectivity index (χ1) is 4.70. The Morgan fingerprint density at radius 3 is 1.70 bits per heavy atom. The van der Waals surface area contributed by atoms with Gasteiger partial charge in [0.1, 0.15) is 0 Å². The molecule has 0 saturated heterocycles. The quantitative estimate of drug-likeness (QED) is 0.475. The highest BCUT2D eigenvalue weighted by molar-refractivity contribution is 5.42. The molecule has 1 rings (SSSR count). The molecule has 1 aliphatic rings. The fourth-order valence-electron chi connectivity index (χ4n) is 0.783. The molecule has 52 valence electrons. The summed E-state index contributed by atoms with van der Waals surface area (Å²) in [6.45, 7) is 8.05. The molecule has 0 aromatic heterocycles. The van der Waals surface area contributed by atoms with Crippen LogP contribution in [0.2, 0.25) is 0 Å². The van der Waals surface area contributed by atoms with E-state index < -0.39 is 0 Å². The molecule has 0 fully saturated rings. The van der Waals surface area contributed by atoms with Crippen molar-refractivity contribution in [3.8, 4) is 0 Å². The van der Waals surface area contributed by atoms with Crippen molar-refractivity contribution in [2.75, 3.05) is 0 Å². The molecule has 0 aromatic rings. The molecule has 0 aromatic carbocycles. The minimum absolute atomic E-state index is 1.07. The summed E-state index contributed by atoms with van der Waals surface area (Å²) in [6.07, 6.45) is 8.25. The Balaban J connectivity index is 3.02. The highest BCUT2D eigenvalue weighted by Gasteiger charge is 1.92. The van der Waals surface area contributed by atoms with Gasteiger partial charge in [0.05, 0.1) is 0 Å². The minimum atomic E-state index is 1.07. The van der Waals surface area contributed by atoms with Gasteiger partial charge < -0.3 is 0 Å². The van der Waals surface area contributed by atoms with Crippen LogP contribution in [0.4, 0.5) is 0 Å². The van der Waals surface area contributed by atoms with Crippen LogP contribution in [0, 0.1) is 0 Å². The molecular weight excluding hydrogens is 120 g/mol. The summed E-state index contributed by atoms with van der Waals surface area (Å²) in [7, 11) is 0. The van der Waals surface area contributed by atoms with E-state index in [1.54, 1.807) is 0 Å². The summed E-state index contributed by atoms with van der Waals surface area (Å²) in [5, 5.41) is 0. The monoisotopic (exact) mass is 132 g/mol. The Labute approximate surface area is 62.3 Å². The molecule has 0 heterocycles. The van der Waals surface area contributed by atoms with Gasteiger partial charge in [-0.1, -0.05) is 30.9 Å². The standard InChI is InChI=1S/C10H12/c1-8-4-6-9(2)10(3)7-5-8/h4-7H,1H2,2-3H3. The lowest BCUT2D eigenvalue weighted by Crippen LogP contribution is -1.71. The zero-order chi connectivity index (χ0) is 7.56. The van der Waals surface area contributed by atoms with Gasteiger partial charge in [-0.3, -0.25) is 0 Å². The van der Waals surface area contributed by atoms with Gasteiger partial charge in [0.15, 0.2) is 0 Å². The summed E-state index contributed by atoms with van der Waals surface area (Å²) in [5.74, 6) is 0. The maximum Gasteiger partial charge on any atom is -0.0329 e. The largest absolute Gasteiger partial charge is 0.0918 e. The van der Waals surface area contributed by atoms with Crippen LogP contribution in [0.3, 0.4) is 0 Å². The van der Waals surface area contributed by atoms with Gasteiger partial charge in [-0.25, -0.2) is 0 Å². The van der Waals surface area contributed by atoms with Crippen LogP contribution in [0.1, 0.15) is 13.8 Å². The summed E-state index contributed by atoms with van der Waals surface area (Å²) in [4.78, 5) is 0. The number of allylic oxidation sites excluding steroid dienone is 7. The van der Waals surface area contributed by atoms with Gasteiger partial charge >= 0.3 is 0 Å². The molecule has 0 N–H and O–H groups in total. The van der Waals surface area contributed by atoms with Crippen LogP contribution in [-0.2, 0) is 0 Å². The zero-order valence-corrected chi connectivity index (χ0v) is 6.52. The number of hydrogen-bond acceptors (Lipinski definition) is 0. The average molecular weight is 132 g/mol. The first-order valence-electron chi connectivity index (χ1n) is 3.42. The van der Waals surface area contributed by atoms with E-state index in [0.717, 1.165) is 5.57 Å². The first-order valence-corrected chi connectivity index (χ1v) is 3.42. The molecule has 0 spiro atoms. The lowest BCUT2D eigenvalue weighted by atomic mass is 10.1. The van der Waals surface area contributed by atoms with E-state index in [1.807, 2.05) is 12.2 Å². The second kappa shape index (κ2) is 2.70. The molecule has 0 nitrogen and oxygen atoms in total. The minimum Gasteiger partial charge on any atom is -0.0918 e. The summed E-state index contributed by atoms with van der Waals surface area (Å²) >= 11 is 0. The lowest BCUT2D eigenvalue weighted by Gasteiger charge is -1.92. The molecule has 0 saturated carbocycles. The highest BCUT2D eigenvalue weighted by atomic mass is 14.0. The van der Waals surface area contributed by atoms with Crippen LogP contribution >= 0.6 is 0 Å². The molecular formula is C10H12. The third-order valence-electron chi connectivity index (χ3n) is 1.72. The van der Waals surface area contributed by atoms with E-state index in [4.69, 9.17) is 0 Å². The van der Waals surface area contributed by atoms with E-state index >= 15 is 0 Å². The Morgan fingerprint density at radius 1 is 0.900 bits per heavy atom. The first kappa shape index (κ1) is 7.07. The van der Waals surface area contributed by atoms with E-state index in [9.17, 15) is 0 Å². The number of hydrogen-bond donors (Lipinski definition) is 0. The van der Waals surface area contributed by atoms with Crippen molar-refractivity contribution in [1.82, 2.24) is 0 Å². The van der Waals surface area contributed by atoms with Crippen molar-refractivity contribution in [2.45, 2.75) is 13.8 Å². The van der Waals surface area contributed by atoms with Crippen molar-refractivity contribution in [2.24, 2.45) is 0 Å². The van der Waals surface area contributed by atoms with Gasteiger partial charge in [0, 0.05) is 0 Å². The Bertz CT molecular complexity index is 213. The SMILES string of the molecule is C=C1C=CC(C)=C(C)C=C1. The van der Waals surface area contributed by atoms with Crippen molar-refractivity contribution in [1.29, 1.82) is 0 Å². The van der Waals surface area contributed by atoms with E-state index in [1.165, 1.54) is 11.1 Å². The summed E-state index contributed by atoms with van der Waals surface area (Å²) in [6, 6.07) is 0. The lowest BCUT2D eigenvalue weighted by molar-refractivity contribution is 1.39. The van der Waals surface area contributed by atoms with Gasteiger partial charge in [-0.15, -0.1) is 0 Å². The third-order valence-corrected chi connectivity index (χ3v) is 1.72. The molecule has 0 atom stereocenters. The summed E-state index contributed by atoms with van der Waals surface area (Å²) < 4.78 is 0. The normalized spacial score (nSPS) is 18.0. The molecule has 10 heavy (non-hydrogen) atoms. The van der Waals surface area contributed by atoms with Crippen LogP contribution < -0.4 is 0 Å². The third kappa shape index (κ3) is 1.47.